The number of halogens is 1. The van der Waals surface area contributed by atoms with E-state index < -0.39 is 0 Å². The van der Waals surface area contributed by atoms with Crippen molar-refractivity contribution < 1.29 is 13.6 Å². The maximum absolute atomic E-state index is 12.8. The number of benzene rings is 1. The largest absolute Gasteiger partial charge is 0.416 e. The number of anilines is 1. The monoisotopic (exact) mass is 349 g/mol. The van der Waals surface area contributed by atoms with E-state index in [0.717, 1.165) is 18.7 Å². The van der Waals surface area contributed by atoms with E-state index in [9.17, 15) is 9.18 Å². The van der Waals surface area contributed by atoms with Crippen LogP contribution in [-0.2, 0) is 4.79 Å². The summed E-state index contributed by atoms with van der Waals surface area (Å²) in [6, 6.07) is 5.70. The molecule has 3 rings (SSSR count). The van der Waals surface area contributed by atoms with Gasteiger partial charge in [0, 0.05) is 23.8 Å². The van der Waals surface area contributed by atoms with Gasteiger partial charge in [-0.3, -0.25) is 4.79 Å². The first-order valence-electron chi connectivity index (χ1n) is 8.22. The molecule has 1 fully saturated rings. The van der Waals surface area contributed by atoms with E-state index in [4.69, 9.17) is 4.42 Å². The topological polar surface area (TPSA) is 68.0 Å². The van der Waals surface area contributed by atoms with E-state index in [-0.39, 0.29) is 11.7 Å². The molecule has 1 aliphatic rings. The molecule has 0 atom stereocenters. The number of thioether (sulfide) groups is 1. The van der Waals surface area contributed by atoms with Crippen LogP contribution in [0, 0.1) is 5.82 Å². The Kier molecular flexibility index (Phi) is 5.85. The molecule has 7 heteroatoms. The summed E-state index contributed by atoms with van der Waals surface area (Å²) in [7, 11) is 0. The highest BCUT2D eigenvalue weighted by Gasteiger charge is 2.21. The predicted octanol–water partition coefficient (Wildman–Crippen LogP) is 4.38. The molecular formula is C17H20FN3O2S. The molecule has 1 aliphatic carbocycles. The minimum atomic E-state index is -0.325. The van der Waals surface area contributed by atoms with Crippen molar-refractivity contribution in [1.82, 2.24) is 10.2 Å². The van der Waals surface area contributed by atoms with E-state index in [1.165, 1.54) is 55.3 Å². The van der Waals surface area contributed by atoms with Crippen LogP contribution in [0.25, 0.3) is 0 Å². The molecule has 0 radical (unpaired) electrons. The molecule has 1 N–H and O–H groups in total. The third kappa shape index (κ3) is 4.80. The van der Waals surface area contributed by atoms with Crippen molar-refractivity contribution in [3.05, 3.63) is 36.0 Å². The van der Waals surface area contributed by atoms with Crippen LogP contribution in [0.1, 0.15) is 50.3 Å². The third-order valence-corrected chi connectivity index (χ3v) is 4.88. The number of amides is 1. The fourth-order valence-corrected chi connectivity index (χ4v) is 3.49. The van der Waals surface area contributed by atoms with E-state index in [1.54, 1.807) is 0 Å². The Bertz CT molecular complexity index is 669. The zero-order valence-corrected chi connectivity index (χ0v) is 14.2. The summed E-state index contributed by atoms with van der Waals surface area (Å²) in [6.07, 6.45) is 6.29. The highest BCUT2D eigenvalue weighted by molar-refractivity contribution is 7.99. The molecule has 1 heterocycles. The molecule has 0 aliphatic heterocycles. The predicted molar refractivity (Wildman–Crippen MR) is 90.5 cm³/mol. The number of carbonyl (C=O) groups excluding carboxylic acids is 1. The SMILES string of the molecule is O=C(CCSc1nnc(C2CCCCC2)o1)Nc1ccc(F)cc1. The second kappa shape index (κ2) is 8.28. The fourth-order valence-electron chi connectivity index (χ4n) is 2.78. The smallest absolute Gasteiger partial charge is 0.276 e. The zero-order valence-electron chi connectivity index (χ0n) is 13.3. The summed E-state index contributed by atoms with van der Waals surface area (Å²) < 4.78 is 18.5. The number of nitrogens with one attached hydrogen (secondary N) is 1. The molecular weight excluding hydrogens is 329 g/mol. The minimum Gasteiger partial charge on any atom is -0.416 e. The van der Waals surface area contributed by atoms with Gasteiger partial charge < -0.3 is 9.73 Å². The molecule has 1 amide bonds. The lowest BCUT2D eigenvalue weighted by Crippen LogP contribution is -2.12. The lowest BCUT2D eigenvalue weighted by atomic mass is 9.89. The van der Waals surface area contributed by atoms with Crippen LogP contribution in [-0.4, -0.2) is 21.9 Å². The van der Waals surface area contributed by atoms with Gasteiger partial charge in [0.1, 0.15) is 5.82 Å². The van der Waals surface area contributed by atoms with Gasteiger partial charge in [0.15, 0.2) is 0 Å². The number of carbonyl (C=O) groups is 1. The van der Waals surface area contributed by atoms with Gasteiger partial charge >= 0.3 is 0 Å². The highest BCUT2D eigenvalue weighted by atomic mass is 32.2. The Labute approximate surface area is 144 Å². The maximum atomic E-state index is 12.8. The molecule has 0 bridgehead atoms. The second-order valence-electron chi connectivity index (χ2n) is 5.89. The van der Waals surface area contributed by atoms with Crippen molar-refractivity contribution in [2.75, 3.05) is 11.1 Å². The van der Waals surface area contributed by atoms with Gasteiger partial charge in [-0.15, -0.1) is 10.2 Å². The average molecular weight is 349 g/mol. The lowest BCUT2D eigenvalue weighted by molar-refractivity contribution is -0.115. The van der Waals surface area contributed by atoms with Crippen LogP contribution in [0.4, 0.5) is 10.1 Å². The van der Waals surface area contributed by atoms with Crippen LogP contribution >= 0.6 is 11.8 Å². The zero-order chi connectivity index (χ0) is 16.8. The minimum absolute atomic E-state index is 0.124. The summed E-state index contributed by atoms with van der Waals surface area (Å²) in [6.45, 7) is 0. The molecule has 1 aromatic heterocycles. The number of hydrogen-bond acceptors (Lipinski definition) is 5. The Morgan fingerprint density at radius 3 is 2.71 bits per heavy atom. The van der Waals surface area contributed by atoms with Crippen molar-refractivity contribution in [1.29, 1.82) is 0 Å². The highest BCUT2D eigenvalue weighted by Crippen LogP contribution is 2.32. The van der Waals surface area contributed by atoms with Crippen molar-refractivity contribution in [3.63, 3.8) is 0 Å². The second-order valence-corrected chi connectivity index (χ2v) is 6.94. The average Bonchev–Trinajstić information content (AvgIpc) is 3.07. The van der Waals surface area contributed by atoms with Gasteiger partial charge in [-0.05, 0) is 37.1 Å². The summed E-state index contributed by atoms with van der Waals surface area (Å²) in [5, 5.41) is 11.4. The molecule has 0 unspecified atom stereocenters. The first-order valence-corrected chi connectivity index (χ1v) is 9.21. The van der Waals surface area contributed by atoms with Crippen LogP contribution in [0.5, 0.6) is 0 Å². The number of rotatable bonds is 6. The molecule has 0 spiro atoms. The Morgan fingerprint density at radius 2 is 1.96 bits per heavy atom. The number of nitrogens with zero attached hydrogens (tertiary/aromatic N) is 2. The molecule has 1 aromatic carbocycles. The van der Waals surface area contributed by atoms with Gasteiger partial charge in [0.05, 0.1) is 0 Å². The molecule has 1 saturated carbocycles. The van der Waals surface area contributed by atoms with Crippen molar-refractivity contribution in [3.8, 4) is 0 Å². The number of hydrogen-bond donors (Lipinski definition) is 1. The summed E-state index contributed by atoms with van der Waals surface area (Å²) in [5.74, 6) is 1.23. The molecule has 2 aromatic rings. The van der Waals surface area contributed by atoms with E-state index in [0.29, 0.717) is 29.0 Å². The summed E-state index contributed by atoms with van der Waals surface area (Å²) in [5.41, 5.74) is 0.587. The first-order chi connectivity index (χ1) is 11.7. The van der Waals surface area contributed by atoms with Gasteiger partial charge in [0.2, 0.25) is 11.8 Å². The van der Waals surface area contributed by atoms with Crippen molar-refractivity contribution in [2.24, 2.45) is 0 Å². The lowest BCUT2D eigenvalue weighted by Gasteiger charge is -2.17. The Hall–Kier alpha value is -1.89. The van der Waals surface area contributed by atoms with Gasteiger partial charge in [-0.1, -0.05) is 31.0 Å². The summed E-state index contributed by atoms with van der Waals surface area (Å²) in [4.78, 5) is 11.9. The molecule has 128 valence electrons. The normalized spacial score (nSPS) is 15.4. The van der Waals surface area contributed by atoms with Gasteiger partial charge in [-0.25, -0.2) is 4.39 Å². The molecule has 24 heavy (non-hydrogen) atoms. The van der Waals surface area contributed by atoms with Gasteiger partial charge in [0.25, 0.3) is 5.22 Å². The summed E-state index contributed by atoms with van der Waals surface area (Å²) >= 11 is 1.39. The van der Waals surface area contributed by atoms with Crippen LogP contribution in [0.15, 0.2) is 33.9 Å². The van der Waals surface area contributed by atoms with E-state index in [2.05, 4.69) is 15.5 Å². The maximum Gasteiger partial charge on any atom is 0.276 e. The van der Waals surface area contributed by atoms with E-state index in [1.807, 2.05) is 0 Å². The fraction of sp³-hybridized carbons (Fsp3) is 0.471. The Balaban J connectivity index is 1.42. The van der Waals surface area contributed by atoms with Crippen LogP contribution in [0.3, 0.4) is 0 Å². The quantitative estimate of drug-likeness (QED) is 0.784. The third-order valence-electron chi connectivity index (χ3n) is 4.06. The van der Waals surface area contributed by atoms with Crippen molar-refractivity contribution in [2.45, 2.75) is 49.7 Å². The van der Waals surface area contributed by atoms with Crippen molar-refractivity contribution >= 4 is 23.4 Å². The number of aromatic nitrogens is 2. The van der Waals surface area contributed by atoms with E-state index >= 15 is 0 Å². The first kappa shape index (κ1) is 17.0. The molecule has 5 nitrogen and oxygen atoms in total. The van der Waals surface area contributed by atoms with Crippen LogP contribution < -0.4 is 5.32 Å². The van der Waals surface area contributed by atoms with Gasteiger partial charge in [-0.2, -0.15) is 0 Å². The molecule has 0 saturated heterocycles. The Morgan fingerprint density at radius 1 is 1.21 bits per heavy atom. The van der Waals surface area contributed by atoms with Crippen LogP contribution in [0.2, 0.25) is 0 Å². The standard InChI is InChI=1S/C17H20FN3O2S/c18-13-6-8-14(9-7-13)19-15(22)10-11-24-17-21-20-16(23-17)12-4-2-1-3-5-12/h6-9,12H,1-5,10-11H2,(H,19,22).